The molecule has 5 rings (SSSR count). The molecule has 1 aliphatic carbocycles. The van der Waals surface area contributed by atoms with Crippen LogP contribution < -0.4 is 5.32 Å². The van der Waals surface area contributed by atoms with E-state index in [9.17, 15) is 9.18 Å². The van der Waals surface area contributed by atoms with Crippen molar-refractivity contribution in [2.45, 2.75) is 38.1 Å². The van der Waals surface area contributed by atoms with Gasteiger partial charge in [-0.05, 0) is 43.7 Å². The molecule has 0 spiro atoms. The summed E-state index contributed by atoms with van der Waals surface area (Å²) in [6.07, 6.45) is 10.3. The lowest BCUT2D eigenvalue weighted by atomic mass is 9.83. The van der Waals surface area contributed by atoms with Gasteiger partial charge in [-0.2, -0.15) is 5.10 Å². The molecule has 170 valence electrons. The number of fused-ring (bicyclic) bond motifs is 1. The molecule has 4 aromatic heterocycles. The van der Waals surface area contributed by atoms with Crippen LogP contribution in [0.15, 0.2) is 37.1 Å². The first-order chi connectivity index (χ1) is 16.0. The van der Waals surface area contributed by atoms with Gasteiger partial charge in [0.25, 0.3) is 5.91 Å². The molecule has 2 atom stereocenters. The lowest BCUT2D eigenvalue weighted by Gasteiger charge is -2.29. The number of rotatable bonds is 5. The van der Waals surface area contributed by atoms with Crippen molar-refractivity contribution in [1.29, 1.82) is 0 Å². The quantitative estimate of drug-likeness (QED) is 0.504. The molecule has 0 saturated heterocycles. The third-order valence-corrected chi connectivity index (χ3v) is 6.16. The first kappa shape index (κ1) is 21.2. The highest BCUT2D eigenvalue weighted by atomic mass is 19.1. The van der Waals surface area contributed by atoms with E-state index in [1.54, 1.807) is 28.0 Å². The molecule has 33 heavy (non-hydrogen) atoms. The molecule has 9 nitrogen and oxygen atoms in total. The number of halogens is 1. The molecule has 1 fully saturated rings. The number of hydrogen-bond acceptors (Lipinski definition) is 6. The highest BCUT2D eigenvalue weighted by molar-refractivity contribution is 5.92. The zero-order chi connectivity index (χ0) is 22.9. The second-order valence-electron chi connectivity index (χ2n) is 8.67. The summed E-state index contributed by atoms with van der Waals surface area (Å²) in [5.74, 6) is 0.0112. The van der Waals surface area contributed by atoms with Crippen LogP contribution in [0.2, 0.25) is 0 Å². The Morgan fingerprint density at radius 2 is 2.12 bits per heavy atom. The number of aromatic nitrogens is 7. The predicted molar refractivity (Wildman–Crippen MR) is 120 cm³/mol. The maximum atomic E-state index is 14.6. The van der Waals surface area contributed by atoms with Crippen molar-refractivity contribution in [3.8, 4) is 11.5 Å². The fraction of sp³-hybridized carbons (Fsp3) is 0.391. The topological polar surface area (TPSA) is 103 Å². The van der Waals surface area contributed by atoms with E-state index >= 15 is 0 Å². The van der Waals surface area contributed by atoms with Crippen LogP contribution >= 0.6 is 0 Å². The van der Waals surface area contributed by atoms with Gasteiger partial charge in [0.2, 0.25) is 0 Å². The summed E-state index contributed by atoms with van der Waals surface area (Å²) in [7, 11) is 3.64. The molecule has 1 N–H and O–H groups in total. The van der Waals surface area contributed by atoms with Crippen LogP contribution in [-0.4, -0.2) is 46.2 Å². The average molecular weight is 449 g/mol. The zero-order valence-corrected chi connectivity index (χ0v) is 18.6. The Morgan fingerprint density at radius 3 is 2.94 bits per heavy atom. The maximum absolute atomic E-state index is 14.6. The fourth-order valence-corrected chi connectivity index (χ4v) is 4.59. The van der Waals surface area contributed by atoms with Gasteiger partial charge in [0.05, 0.1) is 23.6 Å². The fourth-order valence-electron chi connectivity index (χ4n) is 4.59. The Morgan fingerprint density at radius 1 is 1.24 bits per heavy atom. The van der Waals surface area contributed by atoms with Gasteiger partial charge in [-0.3, -0.25) is 4.79 Å². The van der Waals surface area contributed by atoms with E-state index in [2.05, 4.69) is 30.4 Å². The Hall–Kier alpha value is -3.69. The minimum absolute atomic E-state index is 0.0356. The number of amides is 1. The van der Waals surface area contributed by atoms with Gasteiger partial charge in [-0.15, -0.1) is 0 Å². The van der Waals surface area contributed by atoms with Crippen LogP contribution in [0.5, 0.6) is 0 Å². The Labute approximate surface area is 190 Å². The van der Waals surface area contributed by atoms with Crippen LogP contribution in [0.4, 0.5) is 4.39 Å². The molecular formula is C23H25FN8O. The third-order valence-electron chi connectivity index (χ3n) is 6.16. The van der Waals surface area contributed by atoms with Crippen LogP contribution in [0, 0.1) is 11.7 Å². The molecule has 1 unspecified atom stereocenters. The Kier molecular flexibility index (Phi) is 5.57. The third kappa shape index (κ3) is 4.33. The van der Waals surface area contributed by atoms with Crippen molar-refractivity contribution in [2.24, 2.45) is 20.0 Å². The van der Waals surface area contributed by atoms with Crippen LogP contribution in [0.25, 0.3) is 22.6 Å². The van der Waals surface area contributed by atoms with E-state index in [0.29, 0.717) is 29.3 Å². The highest BCUT2D eigenvalue weighted by Crippen LogP contribution is 2.29. The molecule has 0 bridgehead atoms. The highest BCUT2D eigenvalue weighted by Gasteiger charge is 2.26. The minimum Gasteiger partial charge on any atom is -0.348 e. The first-order valence-electron chi connectivity index (χ1n) is 11.1. The first-order valence-corrected chi connectivity index (χ1v) is 11.1. The minimum atomic E-state index is -0.420. The lowest BCUT2D eigenvalue weighted by molar-refractivity contribution is 0.0914. The Balaban J connectivity index is 1.32. The van der Waals surface area contributed by atoms with Crippen LogP contribution in [-0.2, 0) is 20.5 Å². The SMILES string of the molecule is Cn1cnc(C(=O)N[C@@H]2CCCC(Cc3nc(-c4nn(C)c5ncccc45)ncc3F)C2)c1. The summed E-state index contributed by atoms with van der Waals surface area (Å²) >= 11 is 0. The maximum Gasteiger partial charge on any atom is 0.271 e. The predicted octanol–water partition coefficient (Wildman–Crippen LogP) is 2.83. The normalized spacial score (nSPS) is 18.5. The van der Waals surface area contributed by atoms with Gasteiger partial charge < -0.3 is 9.88 Å². The van der Waals surface area contributed by atoms with Gasteiger partial charge in [-0.1, -0.05) is 6.42 Å². The molecule has 1 amide bonds. The number of carbonyl (C=O) groups is 1. The smallest absolute Gasteiger partial charge is 0.271 e. The Bertz CT molecular complexity index is 1310. The van der Waals surface area contributed by atoms with Gasteiger partial charge in [0, 0.05) is 32.5 Å². The van der Waals surface area contributed by atoms with Crippen LogP contribution in [0.3, 0.4) is 0 Å². The number of nitrogens with zero attached hydrogens (tertiary/aromatic N) is 7. The van der Waals surface area contributed by atoms with Gasteiger partial charge in [-0.25, -0.2) is 29.0 Å². The number of carbonyl (C=O) groups excluding carboxylic acids is 1. The zero-order valence-electron chi connectivity index (χ0n) is 18.6. The van der Waals surface area contributed by atoms with E-state index in [0.717, 1.165) is 36.7 Å². The summed E-state index contributed by atoms with van der Waals surface area (Å²) in [6, 6.07) is 3.78. The molecule has 4 aromatic rings. The van der Waals surface area contributed by atoms with Crippen molar-refractivity contribution in [1.82, 2.24) is 39.6 Å². The van der Waals surface area contributed by atoms with Gasteiger partial charge >= 0.3 is 0 Å². The molecular weight excluding hydrogens is 423 g/mol. The second-order valence-corrected chi connectivity index (χ2v) is 8.67. The summed E-state index contributed by atoms with van der Waals surface area (Å²) in [5.41, 5.74) is 2.10. The molecule has 4 heterocycles. The molecule has 1 saturated carbocycles. The van der Waals surface area contributed by atoms with Crippen LogP contribution in [0.1, 0.15) is 41.9 Å². The average Bonchev–Trinajstić information content (AvgIpc) is 3.39. The van der Waals surface area contributed by atoms with E-state index in [1.165, 1.54) is 6.20 Å². The summed E-state index contributed by atoms with van der Waals surface area (Å²) in [4.78, 5) is 29.7. The molecule has 1 aliphatic rings. The number of hydrogen-bond donors (Lipinski definition) is 1. The number of nitrogens with one attached hydrogen (secondary N) is 1. The molecule has 0 aliphatic heterocycles. The largest absolute Gasteiger partial charge is 0.348 e. The van der Waals surface area contributed by atoms with E-state index < -0.39 is 5.82 Å². The standard InChI is InChI=1S/C23H25FN8O/c1-31-12-19(27-13-31)23(33)28-15-6-3-5-14(9-15)10-18-17(24)11-26-21(29-18)20-16-7-4-8-25-22(16)32(2)30-20/h4,7-8,11-15H,3,5-6,9-10H2,1-2H3,(H,28,33)/t14?,15-/m1/s1. The van der Waals surface area contributed by atoms with Crippen molar-refractivity contribution >= 4 is 16.9 Å². The van der Waals surface area contributed by atoms with E-state index in [-0.39, 0.29) is 17.9 Å². The monoisotopic (exact) mass is 448 g/mol. The summed E-state index contributed by atoms with van der Waals surface area (Å²) in [6.45, 7) is 0. The second kappa shape index (κ2) is 8.68. The van der Waals surface area contributed by atoms with Crippen molar-refractivity contribution in [3.63, 3.8) is 0 Å². The van der Waals surface area contributed by atoms with Crippen molar-refractivity contribution < 1.29 is 9.18 Å². The summed E-state index contributed by atoms with van der Waals surface area (Å²) in [5, 5.41) is 8.41. The molecule has 10 heteroatoms. The van der Waals surface area contributed by atoms with E-state index in [1.807, 2.05) is 26.2 Å². The lowest BCUT2D eigenvalue weighted by Crippen LogP contribution is -2.39. The van der Waals surface area contributed by atoms with Gasteiger partial charge in [0.15, 0.2) is 17.3 Å². The number of pyridine rings is 1. The number of imidazole rings is 1. The van der Waals surface area contributed by atoms with Crippen molar-refractivity contribution in [2.75, 3.05) is 0 Å². The van der Waals surface area contributed by atoms with E-state index in [4.69, 9.17) is 0 Å². The number of aryl methyl sites for hydroxylation is 2. The molecule has 0 radical (unpaired) electrons. The van der Waals surface area contributed by atoms with Crippen molar-refractivity contribution in [3.05, 3.63) is 54.3 Å². The molecule has 0 aromatic carbocycles. The summed E-state index contributed by atoms with van der Waals surface area (Å²) < 4.78 is 18.1. The van der Waals surface area contributed by atoms with Gasteiger partial charge in [0.1, 0.15) is 11.4 Å².